The summed E-state index contributed by atoms with van der Waals surface area (Å²) < 4.78 is 6.05. The molecule has 0 amide bonds. The van der Waals surface area contributed by atoms with Crippen molar-refractivity contribution in [3.05, 3.63) is 82.1 Å². The lowest BCUT2D eigenvalue weighted by molar-refractivity contribution is 0.221. The van der Waals surface area contributed by atoms with Gasteiger partial charge in [-0.25, -0.2) is 4.98 Å². The van der Waals surface area contributed by atoms with Crippen LogP contribution in [0.2, 0.25) is 10.0 Å². The number of rotatable bonds is 7. The number of nitrogens with zero attached hydrogens (tertiary/aromatic N) is 2. The number of hydrogen-bond donors (Lipinski definition) is 2. The molecule has 2 aromatic carbocycles. The maximum Gasteiger partial charge on any atom is 0.173 e. The zero-order chi connectivity index (χ0) is 22.6. The van der Waals surface area contributed by atoms with E-state index in [2.05, 4.69) is 38.5 Å². The fraction of sp³-hybridized carbons (Fsp3) is 0.269. The van der Waals surface area contributed by atoms with Crippen LogP contribution in [0.5, 0.6) is 5.75 Å². The van der Waals surface area contributed by atoms with Gasteiger partial charge in [-0.05, 0) is 74.0 Å². The molecule has 4 aromatic rings. The van der Waals surface area contributed by atoms with Crippen LogP contribution in [0.15, 0.2) is 60.9 Å². The summed E-state index contributed by atoms with van der Waals surface area (Å²) in [5.74, 6) is 1.28. The summed E-state index contributed by atoms with van der Waals surface area (Å²) in [5.41, 5.74) is 4.17. The van der Waals surface area contributed by atoms with E-state index in [0.717, 1.165) is 23.3 Å². The van der Waals surface area contributed by atoms with E-state index in [-0.39, 0.29) is 6.61 Å². The van der Waals surface area contributed by atoms with Crippen LogP contribution in [0.3, 0.4) is 0 Å². The van der Waals surface area contributed by atoms with Crippen molar-refractivity contribution in [3.8, 4) is 5.75 Å². The van der Waals surface area contributed by atoms with Crippen molar-refractivity contribution in [2.24, 2.45) is 0 Å². The number of pyridine rings is 1. The molecule has 1 aliphatic heterocycles. The van der Waals surface area contributed by atoms with Gasteiger partial charge in [0.05, 0.1) is 0 Å². The molecule has 0 aliphatic carbocycles. The molecule has 0 atom stereocenters. The van der Waals surface area contributed by atoms with Crippen LogP contribution in [0.1, 0.15) is 30.4 Å². The minimum atomic E-state index is 0.260. The quantitative estimate of drug-likeness (QED) is 0.294. The molecule has 1 saturated heterocycles. The van der Waals surface area contributed by atoms with Gasteiger partial charge in [-0.3, -0.25) is 4.90 Å². The first-order valence-corrected chi connectivity index (χ1v) is 12.0. The highest BCUT2D eigenvalue weighted by Gasteiger charge is 2.14. The number of H-pyrrole nitrogens is 1. The van der Waals surface area contributed by atoms with Crippen molar-refractivity contribution in [3.63, 3.8) is 0 Å². The molecule has 0 spiro atoms. The molecule has 0 bridgehead atoms. The summed E-state index contributed by atoms with van der Waals surface area (Å²) >= 11 is 12.6. The van der Waals surface area contributed by atoms with Gasteiger partial charge < -0.3 is 15.0 Å². The average molecular weight is 481 g/mol. The van der Waals surface area contributed by atoms with Gasteiger partial charge >= 0.3 is 0 Å². The van der Waals surface area contributed by atoms with Gasteiger partial charge in [-0.2, -0.15) is 0 Å². The first-order chi connectivity index (χ1) is 16.2. The van der Waals surface area contributed by atoms with E-state index in [9.17, 15) is 0 Å². The zero-order valence-corrected chi connectivity index (χ0v) is 19.8. The van der Waals surface area contributed by atoms with Gasteiger partial charge in [0.25, 0.3) is 0 Å². The summed E-state index contributed by atoms with van der Waals surface area (Å²) in [5, 5.41) is 5.82. The second kappa shape index (κ2) is 10.0. The largest absolute Gasteiger partial charge is 0.485 e. The maximum atomic E-state index is 6.29. The fourth-order valence-electron chi connectivity index (χ4n) is 4.30. The number of benzene rings is 2. The number of aromatic nitrogens is 2. The smallest absolute Gasteiger partial charge is 0.173 e. The molecule has 7 heteroatoms. The van der Waals surface area contributed by atoms with Crippen molar-refractivity contribution in [2.45, 2.75) is 32.4 Å². The molecule has 170 valence electrons. The van der Waals surface area contributed by atoms with Gasteiger partial charge in [0.2, 0.25) is 0 Å². The number of hydrogen-bond acceptors (Lipinski definition) is 4. The number of aromatic amines is 1. The Morgan fingerprint density at radius 1 is 1.00 bits per heavy atom. The monoisotopic (exact) mass is 480 g/mol. The molecule has 3 heterocycles. The third-order valence-corrected chi connectivity index (χ3v) is 6.79. The third kappa shape index (κ3) is 5.11. The van der Waals surface area contributed by atoms with E-state index >= 15 is 0 Å². The van der Waals surface area contributed by atoms with E-state index in [1.54, 1.807) is 6.20 Å². The van der Waals surface area contributed by atoms with E-state index < -0.39 is 0 Å². The number of likely N-dealkylation sites (tertiary alicyclic amines) is 1. The minimum absolute atomic E-state index is 0.260. The topological polar surface area (TPSA) is 53.2 Å². The van der Waals surface area contributed by atoms with Crippen molar-refractivity contribution >= 4 is 45.6 Å². The van der Waals surface area contributed by atoms with Gasteiger partial charge in [0, 0.05) is 51.1 Å². The van der Waals surface area contributed by atoms with Gasteiger partial charge in [0.15, 0.2) is 11.6 Å². The first kappa shape index (κ1) is 22.1. The standard InChI is InChI=1S/C26H26Cl2N4O/c27-22-6-4-7-23(28)21(22)17-33-25-8-5-11-29-26(25)31-19-9-10-24-20(14-19)18(15-30-24)16-32-12-2-1-3-13-32/h4-11,14-15,30H,1-3,12-13,16-17H2,(H,29,31). The molecular formula is C26H26Cl2N4O. The molecule has 0 unspecified atom stereocenters. The van der Waals surface area contributed by atoms with Crippen molar-refractivity contribution in [1.82, 2.24) is 14.9 Å². The Hall–Kier alpha value is -2.73. The number of nitrogens with one attached hydrogen (secondary N) is 2. The second-order valence-electron chi connectivity index (χ2n) is 8.38. The SMILES string of the molecule is Clc1cccc(Cl)c1COc1cccnc1Nc1ccc2[nH]cc(CN3CCCCC3)c2c1. The summed E-state index contributed by atoms with van der Waals surface area (Å²) in [6, 6.07) is 15.5. The summed E-state index contributed by atoms with van der Waals surface area (Å²) in [4.78, 5) is 10.4. The predicted octanol–water partition coefficient (Wildman–Crippen LogP) is 7.18. The highest BCUT2D eigenvalue weighted by atomic mass is 35.5. The Kier molecular flexibility index (Phi) is 6.72. The molecule has 2 N–H and O–H groups in total. The number of piperidine rings is 1. The number of ether oxygens (including phenoxy) is 1. The Morgan fingerprint density at radius 2 is 1.82 bits per heavy atom. The van der Waals surface area contributed by atoms with Crippen LogP contribution < -0.4 is 10.1 Å². The zero-order valence-electron chi connectivity index (χ0n) is 18.3. The highest BCUT2D eigenvalue weighted by molar-refractivity contribution is 6.35. The molecule has 0 radical (unpaired) electrons. The van der Waals surface area contributed by atoms with Crippen LogP contribution in [0.4, 0.5) is 11.5 Å². The molecule has 5 rings (SSSR count). The van der Waals surface area contributed by atoms with E-state index in [1.807, 2.05) is 36.4 Å². The number of halogens is 2. The molecule has 1 fully saturated rings. The Morgan fingerprint density at radius 3 is 2.64 bits per heavy atom. The fourth-order valence-corrected chi connectivity index (χ4v) is 4.81. The van der Waals surface area contributed by atoms with Crippen LogP contribution in [-0.2, 0) is 13.2 Å². The molecular weight excluding hydrogens is 455 g/mol. The average Bonchev–Trinajstić information content (AvgIpc) is 3.22. The molecule has 1 aliphatic rings. The first-order valence-electron chi connectivity index (χ1n) is 11.3. The Balaban J connectivity index is 1.35. The van der Waals surface area contributed by atoms with E-state index in [0.29, 0.717) is 21.6 Å². The minimum Gasteiger partial charge on any atom is -0.485 e. The lowest BCUT2D eigenvalue weighted by atomic mass is 10.1. The third-order valence-electron chi connectivity index (χ3n) is 6.08. The molecule has 2 aromatic heterocycles. The number of fused-ring (bicyclic) bond motifs is 1. The second-order valence-corrected chi connectivity index (χ2v) is 9.19. The maximum absolute atomic E-state index is 6.29. The van der Waals surface area contributed by atoms with Crippen LogP contribution >= 0.6 is 23.2 Å². The van der Waals surface area contributed by atoms with Gasteiger partial charge in [-0.15, -0.1) is 0 Å². The lowest BCUT2D eigenvalue weighted by Gasteiger charge is -2.26. The van der Waals surface area contributed by atoms with Crippen LogP contribution in [-0.4, -0.2) is 28.0 Å². The molecule has 5 nitrogen and oxygen atoms in total. The number of anilines is 2. The summed E-state index contributed by atoms with van der Waals surface area (Å²) in [6.07, 6.45) is 7.80. The van der Waals surface area contributed by atoms with Gasteiger partial charge in [0.1, 0.15) is 6.61 Å². The van der Waals surface area contributed by atoms with Crippen LogP contribution in [0, 0.1) is 0 Å². The van der Waals surface area contributed by atoms with Crippen molar-refractivity contribution in [1.29, 1.82) is 0 Å². The Bertz CT molecular complexity index is 1230. The normalized spacial score (nSPS) is 14.5. The lowest BCUT2D eigenvalue weighted by Crippen LogP contribution is -2.28. The molecule has 0 saturated carbocycles. The highest BCUT2D eigenvalue weighted by Crippen LogP contribution is 2.31. The van der Waals surface area contributed by atoms with Crippen LogP contribution in [0.25, 0.3) is 10.9 Å². The Labute approximate surface area is 203 Å². The van der Waals surface area contributed by atoms with Crippen molar-refractivity contribution in [2.75, 3.05) is 18.4 Å². The molecule has 33 heavy (non-hydrogen) atoms. The summed E-state index contributed by atoms with van der Waals surface area (Å²) in [6.45, 7) is 3.58. The van der Waals surface area contributed by atoms with E-state index in [4.69, 9.17) is 27.9 Å². The predicted molar refractivity (Wildman–Crippen MR) is 136 cm³/mol. The summed E-state index contributed by atoms with van der Waals surface area (Å²) in [7, 11) is 0. The van der Waals surface area contributed by atoms with E-state index in [1.165, 1.54) is 43.3 Å². The van der Waals surface area contributed by atoms with Gasteiger partial charge in [-0.1, -0.05) is 35.7 Å². The van der Waals surface area contributed by atoms with Crippen molar-refractivity contribution < 1.29 is 4.74 Å².